The van der Waals surface area contributed by atoms with Gasteiger partial charge in [-0.3, -0.25) is 4.79 Å². The molecule has 0 N–H and O–H groups in total. The number of hydrogen-bond donors (Lipinski definition) is 0. The van der Waals surface area contributed by atoms with Crippen LogP contribution in [0.5, 0.6) is 0 Å². The minimum Gasteiger partial charge on any atom is -0.469 e. The first-order chi connectivity index (χ1) is 7.10. The first-order valence-electron chi connectivity index (χ1n) is 4.04. The molecular weight excluding hydrogens is 237 g/mol. The van der Waals surface area contributed by atoms with Crippen LogP contribution in [0.2, 0.25) is 10.0 Å². The first-order valence-corrected chi connectivity index (χ1v) is 4.79. The Morgan fingerprint density at radius 3 is 2.73 bits per heavy atom. The van der Waals surface area contributed by atoms with Crippen LogP contribution in [0.4, 0.5) is 0 Å². The van der Waals surface area contributed by atoms with E-state index in [1.807, 2.05) is 6.07 Å². The molecule has 0 saturated heterocycles. The molecule has 15 heavy (non-hydrogen) atoms. The van der Waals surface area contributed by atoms with E-state index in [4.69, 9.17) is 28.5 Å². The van der Waals surface area contributed by atoms with Crippen molar-refractivity contribution in [1.29, 1.82) is 5.26 Å². The molecule has 78 valence electrons. The fraction of sp³-hybridized carbons (Fsp3) is 0.200. The molecule has 0 radical (unpaired) electrons. The zero-order chi connectivity index (χ0) is 11.4. The van der Waals surface area contributed by atoms with Crippen molar-refractivity contribution in [2.75, 3.05) is 7.11 Å². The van der Waals surface area contributed by atoms with Gasteiger partial charge in [-0.2, -0.15) is 5.26 Å². The molecule has 0 saturated carbocycles. The van der Waals surface area contributed by atoms with Crippen LogP contribution in [0, 0.1) is 11.3 Å². The van der Waals surface area contributed by atoms with Crippen LogP contribution >= 0.6 is 23.2 Å². The number of halogens is 2. The van der Waals surface area contributed by atoms with E-state index in [0.29, 0.717) is 16.1 Å². The Morgan fingerprint density at radius 2 is 2.20 bits per heavy atom. The van der Waals surface area contributed by atoms with Crippen molar-refractivity contribution in [1.82, 2.24) is 0 Å². The second-order valence-corrected chi connectivity index (χ2v) is 3.54. The summed E-state index contributed by atoms with van der Waals surface area (Å²) >= 11 is 11.7. The molecule has 0 fully saturated rings. The Balaban J connectivity index is 3.19. The largest absolute Gasteiger partial charge is 0.469 e. The van der Waals surface area contributed by atoms with Crippen molar-refractivity contribution in [3.05, 3.63) is 33.3 Å². The molecule has 0 unspecified atom stereocenters. The maximum atomic E-state index is 11.1. The van der Waals surface area contributed by atoms with Crippen LogP contribution in [0.15, 0.2) is 12.1 Å². The van der Waals surface area contributed by atoms with Gasteiger partial charge < -0.3 is 4.74 Å². The molecule has 0 aromatic heterocycles. The van der Waals surface area contributed by atoms with Gasteiger partial charge in [0.25, 0.3) is 0 Å². The van der Waals surface area contributed by atoms with Gasteiger partial charge in [0, 0.05) is 5.56 Å². The number of ether oxygens (including phenoxy) is 1. The molecular formula is C10H7Cl2NO2. The van der Waals surface area contributed by atoms with Gasteiger partial charge in [-0.15, -0.1) is 0 Å². The molecule has 0 amide bonds. The molecule has 0 atom stereocenters. The Labute approximate surface area is 97.2 Å². The summed E-state index contributed by atoms with van der Waals surface area (Å²) in [6, 6.07) is 4.98. The van der Waals surface area contributed by atoms with Gasteiger partial charge in [-0.25, -0.2) is 0 Å². The van der Waals surface area contributed by atoms with Crippen molar-refractivity contribution >= 4 is 29.2 Å². The first kappa shape index (κ1) is 11.8. The lowest BCUT2D eigenvalue weighted by Crippen LogP contribution is -2.06. The van der Waals surface area contributed by atoms with E-state index in [1.165, 1.54) is 19.2 Å². The van der Waals surface area contributed by atoms with E-state index in [1.54, 1.807) is 0 Å². The average Bonchev–Trinajstić information content (AvgIpc) is 2.25. The summed E-state index contributed by atoms with van der Waals surface area (Å²) in [5.74, 6) is -0.462. The van der Waals surface area contributed by atoms with Gasteiger partial charge >= 0.3 is 5.97 Å². The number of nitriles is 1. The maximum absolute atomic E-state index is 11.1. The molecule has 0 aliphatic carbocycles. The van der Waals surface area contributed by atoms with E-state index >= 15 is 0 Å². The van der Waals surface area contributed by atoms with Crippen LogP contribution in [0.3, 0.4) is 0 Å². The predicted octanol–water partition coefficient (Wildman–Crippen LogP) is 2.58. The molecule has 3 nitrogen and oxygen atoms in total. The minimum absolute atomic E-state index is 0.0568. The lowest BCUT2D eigenvalue weighted by Gasteiger charge is -2.06. The summed E-state index contributed by atoms with van der Waals surface area (Å²) in [5, 5.41) is 9.35. The van der Waals surface area contributed by atoms with Gasteiger partial charge in [-0.05, 0) is 12.1 Å². The molecule has 0 heterocycles. The van der Waals surface area contributed by atoms with E-state index in [0.717, 1.165) is 0 Å². The zero-order valence-corrected chi connectivity index (χ0v) is 9.39. The molecule has 0 bridgehead atoms. The van der Waals surface area contributed by atoms with Crippen LogP contribution in [-0.2, 0) is 16.0 Å². The normalized spacial score (nSPS) is 9.47. The van der Waals surface area contributed by atoms with E-state index in [2.05, 4.69) is 4.74 Å². The molecule has 0 aliphatic rings. The second-order valence-electron chi connectivity index (χ2n) is 2.75. The Kier molecular flexibility index (Phi) is 3.96. The number of hydrogen-bond acceptors (Lipinski definition) is 3. The number of nitrogens with zero attached hydrogens (tertiary/aromatic N) is 1. The van der Waals surface area contributed by atoms with Gasteiger partial charge in [0.1, 0.15) is 0 Å². The smallest absolute Gasteiger partial charge is 0.310 e. The molecule has 1 aromatic carbocycles. The quantitative estimate of drug-likeness (QED) is 0.751. The van der Waals surface area contributed by atoms with Crippen molar-refractivity contribution < 1.29 is 9.53 Å². The summed E-state index contributed by atoms with van der Waals surface area (Å²) in [4.78, 5) is 11.1. The van der Waals surface area contributed by atoms with Gasteiger partial charge in [0.15, 0.2) is 0 Å². The highest BCUT2D eigenvalue weighted by Crippen LogP contribution is 2.28. The fourth-order valence-electron chi connectivity index (χ4n) is 1.09. The lowest BCUT2D eigenvalue weighted by molar-refractivity contribution is -0.139. The molecule has 1 rings (SSSR count). The van der Waals surface area contributed by atoms with Crippen molar-refractivity contribution in [3.63, 3.8) is 0 Å². The highest BCUT2D eigenvalue weighted by molar-refractivity contribution is 6.42. The van der Waals surface area contributed by atoms with Crippen molar-refractivity contribution in [3.8, 4) is 6.07 Å². The van der Waals surface area contributed by atoms with Crippen LogP contribution < -0.4 is 0 Å². The third-order valence-electron chi connectivity index (χ3n) is 1.87. The average molecular weight is 244 g/mol. The number of methoxy groups -OCH3 is 1. The van der Waals surface area contributed by atoms with Gasteiger partial charge in [-0.1, -0.05) is 23.2 Å². The summed E-state index contributed by atoms with van der Waals surface area (Å²) < 4.78 is 4.50. The lowest BCUT2D eigenvalue weighted by atomic mass is 10.1. The van der Waals surface area contributed by atoms with Gasteiger partial charge in [0.2, 0.25) is 0 Å². The van der Waals surface area contributed by atoms with E-state index in [-0.39, 0.29) is 11.4 Å². The number of carbonyl (C=O) groups excluding carboxylic acids is 1. The van der Waals surface area contributed by atoms with Crippen molar-refractivity contribution in [2.24, 2.45) is 0 Å². The third-order valence-corrected chi connectivity index (χ3v) is 2.71. The highest BCUT2D eigenvalue weighted by Gasteiger charge is 2.14. The SMILES string of the molecule is COC(=O)Cc1c(C#N)ccc(Cl)c1Cl. The molecule has 1 aromatic rings. The Morgan fingerprint density at radius 1 is 1.53 bits per heavy atom. The topological polar surface area (TPSA) is 50.1 Å². The van der Waals surface area contributed by atoms with Crippen LogP contribution in [0.25, 0.3) is 0 Å². The fourth-order valence-corrected chi connectivity index (χ4v) is 1.50. The Bertz CT molecular complexity index is 438. The number of rotatable bonds is 2. The molecule has 0 aliphatic heterocycles. The molecule has 5 heteroatoms. The Hall–Kier alpha value is -1.24. The zero-order valence-electron chi connectivity index (χ0n) is 7.88. The summed E-state index contributed by atoms with van der Waals surface area (Å²) in [6.07, 6.45) is -0.0568. The highest BCUT2D eigenvalue weighted by atomic mass is 35.5. The van der Waals surface area contributed by atoms with Crippen LogP contribution in [-0.4, -0.2) is 13.1 Å². The standard InChI is InChI=1S/C10H7Cl2NO2/c1-15-9(14)4-7-6(5-13)2-3-8(11)10(7)12/h2-3H,4H2,1H3. The third kappa shape index (κ3) is 2.62. The summed E-state index contributed by atoms with van der Waals surface area (Å²) in [6.45, 7) is 0. The number of esters is 1. The summed E-state index contributed by atoms with van der Waals surface area (Å²) in [5.41, 5.74) is 0.730. The van der Waals surface area contributed by atoms with E-state index < -0.39 is 5.97 Å². The van der Waals surface area contributed by atoms with Gasteiger partial charge in [0.05, 0.1) is 35.2 Å². The molecule has 0 spiro atoms. The van der Waals surface area contributed by atoms with E-state index in [9.17, 15) is 4.79 Å². The second kappa shape index (κ2) is 5.01. The van der Waals surface area contributed by atoms with Crippen LogP contribution in [0.1, 0.15) is 11.1 Å². The summed E-state index contributed by atoms with van der Waals surface area (Å²) in [7, 11) is 1.27. The minimum atomic E-state index is -0.462. The monoisotopic (exact) mass is 243 g/mol. The number of carbonyl (C=O) groups is 1. The predicted molar refractivity (Wildman–Crippen MR) is 56.9 cm³/mol. The maximum Gasteiger partial charge on any atom is 0.310 e. The number of benzene rings is 1. The van der Waals surface area contributed by atoms with Crippen molar-refractivity contribution in [2.45, 2.75) is 6.42 Å².